The van der Waals surface area contributed by atoms with Gasteiger partial charge in [-0.25, -0.2) is 18.6 Å². The molecule has 0 atom stereocenters. The quantitative estimate of drug-likeness (QED) is 0.152. The summed E-state index contributed by atoms with van der Waals surface area (Å²) in [6.07, 6.45) is 1.45. The van der Waals surface area contributed by atoms with Gasteiger partial charge in [0, 0.05) is 11.3 Å². The van der Waals surface area contributed by atoms with E-state index in [1.165, 1.54) is 42.6 Å². The molecule has 4 aromatic rings. The summed E-state index contributed by atoms with van der Waals surface area (Å²) in [6, 6.07) is 27.8. The van der Waals surface area contributed by atoms with Crippen molar-refractivity contribution in [3.63, 3.8) is 0 Å². The molecule has 0 unspecified atom stereocenters. The number of esters is 1. The first-order valence-electron chi connectivity index (χ1n) is 11.2. The molecule has 0 aromatic heterocycles. The van der Waals surface area contributed by atoms with Crippen LogP contribution in [0.25, 0.3) is 0 Å². The number of ether oxygens (including phenoxy) is 1. The van der Waals surface area contributed by atoms with Gasteiger partial charge >= 0.3 is 5.97 Å². The standard InChI is InChI=1S/C28H23N3O5S/c1-20-7-17-26(18-8-20)37(34,35)31-24-13-11-22(12-14-24)27(32)30-29-19-21-9-15-25(16-10-21)36-28(33)23-5-3-2-4-6-23/h2-19,31H,1H3,(H,30,32). The average Bonchev–Trinajstić information content (AvgIpc) is 2.90. The minimum Gasteiger partial charge on any atom is -0.423 e. The molecule has 0 radical (unpaired) electrons. The Balaban J connectivity index is 1.30. The molecule has 186 valence electrons. The second-order valence-corrected chi connectivity index (χ2v) is 9.70. The van der Waals surface area contributed by atoms with Crippen molar-refractivity contribution in [1.82, 2.24) is 5.43 Å². The Morgan fingerprint density at radius 1 is 0.784 bits per heavy atom. The SMILES string of the molecule is Cc1ccc(S(=O)(=O)Nc2ccc(C(=O)NN=Cc3ccc(OC(=O)c4ccccc4)cc3)cc2)cc1. The van der Waals surface area contributed by atoms with E-state index in [2.05, 4.69) is 15.2 Å². The molecule has 0 saturated carbocycles. The number of carbonyl (C=O) groups is 2. The third-order valence-electron chi connectivity index (χ3n) is 5.21. The van der Waals surface area contributed by atoms with E-state index in [4.69, 9.17) is 4.74 Å². The summed E-state index contributed by atoms with van der Waals surface area (Å²) in [6.45, 7) is 1.87. The summed E-state index contributed by atoms with van der Waals surface area (Å²) in [5.74, 6) is -0.533. The molecule has 9 heteroatoms. The molecular weight excluding hydrogens is 490 g/mol. The van der Waals surface area contributed by atoms with Crippen molar-refractivity contribution in [2.45, 2.75) is 11.8 Å². The normalized spacial score (nSPS) is 11.2. The Hall–Kier alpha value is -4.76. The fourth-order valence-corrected chi connectivity index (χ4v) is 4.27. The van der Waals surface area contributed by atoms with Crippen LogP contribution in [0.3, 0.4) is 0 Å². The lowest BCUT2D eigenvalue weighted by molar-refractivity contribution is 0.0734. The van der Waals surface area contributed by atoms with Crippen LogP contribution in [0.2, 0.25) is 0 Å². The molecular formula is C28H23N3O5S. The highest BCUT2D eigenvalue weighted by molar-refractivity contribution is 7.92. The van der Waals surface area contributed by atoms with E-state index in [0.29, 0.717) is 28.1 Å². The smallest absolute Gasteiger partial charge is 0.343 e. The van der Waals surface area contributed by atoms with Crippen molar-refractivity contribution >= 4 is 33.8 Å². The zero-order valence-corrected chi connectivity index (χ0v) is 20.6. The first kappa shape index (κ1) is 25.3. The van der Waals surface area contributed by atoms with Crippen LogP contribution in [0, 0.1) is 6.92 Å². The number of nitrogens with zero attached hydrogens (tertiary/aromatic N) is 1. The molecule has 0 fully saturated rings. The molecule has 4 rings (SSSR count). The zero-order valence-electron chi connectivity index (χ0n) is 19.8. The Morgan fingerprint density at radius 2 is 1.43 bits per heavy atom. The first-order valence-corrected chi connectivity index (χ1v) is 12.7. The molecule has 0 bridgehead atoms. The van der Waals surface area contributed by atoms with Crippen LogP contribution in [0.5, 0.6) is 5.75 Å². The van der Waals surface area contributed by atoms with Crippen LogP contribution in [-0.2, 0) is 10.0 Å². The van der Waals surface area contributed by atoms with Crippen LogP contribution in [0.15, 0.2) is 113 Å². The van der Waals surface area contributed by atoms with Crippen LogP contribution in [0.4, 0.5) is 5.69 Å². The highest BCUT2D eigenvalue weighted by Gasteiger charge is 2.14. The fraction of sp³-hybridized carbons (Fsp3) is 0.0357. The summed E-state index contributed by atoms with van der Waals surface area (Å²) in [7, 11) is -3.73. The fourth-order valence-electron chi connectivity index (χ4n) is 3.21. The number of aryl methyl sites for hydroxylation is 1. The maximum absolute atomic E-state index is 12.5. The third-order valence-corrected chi connectivity index (χ3v) is 6.61. The van der Waals surface area contributed by atoms with Crippen LogP contribution in [-0.4, -0.2) is 26.5 Å². The molecule has 0 aliphatic rings. The lowest BCUT2D eigenvalue weighted by atomic mass is 10.2. The largest absolute Gasteiger partial charge is 0.423 e. The van der Waals surface area contributed by atoms with Crippen LogP contribution in [0.1, 0.15) is 31.8 Å². The summed E-state index contributed by atoms with van der Waals surface area (Å²) in [4.78, 5) is 24.6. The second kappa shape index (κ2) is 11.3. The lowest BCUT2D eigenvalue weighted by Crippen LogP contribution is -2.18. The number of sulfonamides is 1. The highest BCUT2D eigenvalue weighted by atomic mass is 32.2. The summed E-state index contributed by atoms with van der Waals surface area (Å²) in [5, 5.41) is 3.94. The average molecular weight is 514 g/mol. The Kier molecular flexibility index (Phi) is 7.75. The van der Waals surface area contributed by atoms with Crippen molar-refractivity contribution in [2.75, 3.05) is 4.72 Å². The number of hydrogen-bond donors (Lipinski definition) is 2. The number of benzene rings is 4. The van der Waals surface area contributed by atoms with Crippen molar-refractivity contribution in [3.8, 4) is 5.75 Å². The van der Waals surface area contributed by atoms with E-state index in [1.807, 2.05) is 13.0 Å². The molecule has 0 spiro atoms. The monoisotopic (exact) mass is 513 g/mol. The maximum Gasteiger partial charge on any atom is 0.343 e. The Morgan fingerprint density at radius 3 is 2.08 bits per heavy atom. The van der Waals surface area contributed by atoms with Crippen molar-refractivity contribution in [2.24, 2.45) is 5.10 Å². The van der Waals surface area contributed by atoms with Gasteiger partial charge in [0.2, 0.25) is 0 Å². The van der Waals surface area contributed by atoms with Crippen molar-refractivity contribution in [1.29, 1.82) is 0 Å². The minimum atomic E-state index is -3.73. The first-order chi connectivity index (χ1) is 17.8. The maximum atomic E-state index is 12.5. The Bertz CT molecular complexity index is 1520. The number of hydrazone groups is 1. The van der Waals surface area contributed by atoms with Crippen LogP contribution < -0.4 is 14.9 Å². The molecule has 0 aliphatic heterocycles. The summed E-state index contributed by atoms with van der Waals surface area (Å²) >= 11 is 0. The minimum absolute atomic E-state index is 0.150. The van der Waals surface area contributed by atoms with E-state index in [0.717, 1.165) is 5.56 Å². The number of rotatable bonds is 8. The van der Waals surface area contributed by atoms with Crippen LogP contribution >= 0.6 is 0 Å². The van der Waals surface area contributed by atoms with E-state index < -0.39 is 21.9 Å². The van der Waals surface area contributed by atoms with E-state index in [-0.39, 0.29) is 4.90 Å². The van der Waals surface area contributed by atoms with Gasteiger partial charge in [-0.05, 0) is 85.3 Å². The van der Waals surface area contributed by atoms with E-state index in [9.17, 15) is 18.0 Å². The van der Waals surface area contributed by atoms with Gasteiger partial charge in [-0.2, -0.15) is 5.10 Å². The van der Waals surface area contributed by atoms with Gasteiger partial charge in [-0.1, -0.05) is 35.9 Å². The van der Waals surface area contributed by atoms with E-state index in [1.54, 1.807) is 60.7 Å². The molecule has 2 N–H and O–H groups in total. The summed E-state index contributed by atoms with van der Waals surface area (Å²) in [5.41, 5.74) is 5.14. The van der Waals surface area contributed by atoms with Crippen molar-refractivity contribution in [3.05, 3.63) is 125 Å². The lowest BCUT2D eigenvalue weighted by Gasteiger charge is -2.09. The predicted molar refractivity (Wildman–Crippen MR) is 141 cm³/mol. The van der Waals surface area contributed by atoms with Gasteiger partial charge in [0.1, 0.15) is 5.75 Å². The molecule has 37 heavy (non-hydrogen) atoms. The number of anilines is 1. The zero-order chi connectivity index (χ0) is 26.3. The van der Waals surface area contributed by atoms with Gasteiger partial charge in [-0.15, -0.1) is 0 Å². The molecule has 8 nitrogen and oxygen atoms in total. The number of amides is 1. The van der Waals surface area contributed by atoms with Gasteiger partial charge in [0.15, 0.2) is 0 Å². The number of nitrogens with one attached hydrogen (secondary N) is 2. The molecule has 0 heterocycles. The van der Waals surface area contributed by atoms with Gasteiger partial charge in [0.05, 0.1) is 16.7 Å². The van der Waals surface area contributed by atoms with Gasteiger partial charge in [0.25, 0.3) is 15.9 Å². The molecule has 4 aromatic carbocycles. The number of carbonyl (C=O) groups excluding carboxylic acids is 2. The van der Waals surface area contributed by atoms with Crippen molar-refractivity contribution < 1.29 is 22.7 Å². The molecule has 0 saturated heterocycles. The Labute approximate surface area is 214 Å². The summed E-state index contributed by atoms with van der Waals surface area (Å²) < 4.78 is 32.8. The van der Waals surface area contributed by atoms with Gasteiger partial charge in [-0.3, -0.25) is 9.52 Å². The topological polar surface area (TPSA) is 114 Å². The molecule has 1 amide bonds. The highest BCUT2D eigenvalue weighted by Crippen LogP contribution is 2.17. The molecule has 0 aliphatic carbocycles. The van der Waals surface area contributed by atoms with Gasteiger partial charge < -0.3 is 4.74 Å². The number of hydrogen-bond acceptors (Lipinski definition) is 6. The third kappa shape index (κ3) is 6.89. The van der Waals surface area contributed by atoms with E-state index >= 15 is 0 Å². The second-order valence-electron chi connectivity index (χ2n) is 8.02. The predicted octanol–water partition coefficient (Wildman–Crippen LogP) is 4.78.